The molecule has 106 valence electrons. The van der Waals surface area contributed by atoms with Gasteiger partial charge in [-0.1, -0.05) is 0 Å². The Balaban J connectivity index is 2.07. The molecule has 0 aromatic carbocycles. The summed E-state index contributed by atoms with van der Waals surface area (Å²) in [5, 5.41) is 16.6. The highest BCUT2D eigenvalue weighted by atomic mass is 32.1. The molecule has 2 aromatic rings. The predicted octanol–water partition coefficient (Wildman–Crippen LogP) is 1.38. The molecule has 1 unspecified atom stereocenters. The van der Waals surface area contributed by atoms with Gasteiger partial charge in [0.05, 0.1) is 6.54 Å². The Morgan fingerprint density at radius 2 is 2.30 bits per heavy atom. The molecule has 1 atom stereocenters. The maximum absolute atomic E-state index is 12.0. The van der Waals surface area contributed by atoms with Gasteiger partial charge in [0, 0.05) is 18.0 Å². The molecule has 2 rings (SSSR count). The number of aryl methyl sites for hydroxylation is 1. The van der Waals surface area contributed by atoms with Crippen LogP contribution in [-0.4, -0.2) is 22.5 Å². The number of pyridine rings is 1. The van der Waals surface area contributed by atoms with E-state index in [1.54, 1.807) is 19.9 Å². The highest BCUT2D eigenvalue weighted by Gasteiger charge is 2.24. The first-order valence-electron chi connectivity index (χ1n) is 6.13. The molecule has 0 saturated heterocycles. The summed E-state index contributed by atoms with van der Waals surface area (Å²) >= 11 is 1.47. The summed E-state index contributed by atoms with van der Waals surface area (Å²) in [6, 6.07) is 3.17. The molecule has 0 spiro atoms. The molecule has 0 saturated carbocycles. The van der Waals surface area contributed by atoms with Gasteiger partial charge in [0.15, 0.2) is 5.43 Å². The molecular formula is C14H16N2O3S. The van der Waals surface area contributed by atoms with Crippen LogP contribution in [0, 0.1) is 6.92 Å². The van der Waals surface area contributed by atoms with E-state index in [1.807, 2.05) is 10.8 Å². The van der Waals surface area contributed by atoms with Crippen molar-refractivity contribution in [2.45, 2.75) is 19.4 Å². The third-order valence-electron chi connectivity index (χ3n) is 3.04. The van der Waals surface area contributed by atoms with Crippen molar-refractivity contribution in [2.75, 3.05) is 6.54 Å². The van der Waals surface area contributed by atoms with Gasteiger partial charge in [0.25, 0.3) is 5.91 Å². The van der Waals surface area contributed by atoms with Crippen molar-refractivity contribution < 1.29 is 9.90 Å². The van der Waals surface area contributed by atoms with Crippen LogP contribution >= 0.6 is 11.3 Å². The van der Waals surface area contributed by atoms with Crippen LogP contribution < -0.4 is 10.7 Å². The lowest BCUT2D eigenvalue weighted by Gasteiger charge is -2.22. The zero-order valence-electron chi connectivity index (χ0n) is 11.3. The summed E-state index contributed by atoms with van der Waals surface area (Å²) in [4.78, 5) is 26.5. The van der Waals surface area contributed by atoms with Gasteiger partial charge >= 0.3 is 0 Å². The number of amides is 1. The summed E-state index contributed by atoms with van der Waals surface area (Å²) < 4.78 is 0. The van der Waals surface area contributed by atoms with Crippen LogP contribution in [0.5, 0.6) is 0 Å². The van der Waals surface area contributed by atoms with Crippen LogP contribution in [0.3, 0.4) is 0 Å². The van der Waals surface area contributed by atoms with Crippen molar-refractivity contribution in [3.63, 3.8) is 0 Å². The second-order valence-electron chi connectivity index (χ2n) is 4.86. The van der Waals surface area contributed by atoms with E-state index in [4.69, 9.17) is 0 Å². The Hall–Kier alpha value is -1.92. The Bertz CT molecular complexity index is 659. The van der Waals surface area contributed by atoms with Crippen molar-refractivity contribution in [3.8, 4) is 0 Å². The summed E-state index contributed by atoms with van der Waals surface area (Å²) in [6.07, 6.45) is 1.38. The van der Waals surface area contributed by atoms with Crippen molar-refractivity contribution in [2.24, 2.45) is 0 Å². The fourth-order valence-electron chi connectivity index (χ4n) is 1.77. The van der Waals surface area contributed by atoms with Crippen LogP contribution in [0.15, 0.2) is 33.9 Å². The number of rotatable bonds is 4. The number of carbonyl (C=O) groups excluding carboxylic acids is 1. The van der Waals surface area contributed by atoms with Crippen LogP contribution in [0.2, 0.25) is 0 Å². The normalized spacial score (nSPS) is 13.8. The lowest BCUT2D eigenvalue weighted by Crippen LogP contribution is -2.39. The second kappa shape index (κ2) is 5.60. The number of thiophene rings is 1. The van der Waals surface area contributed by atoms with E-state index in [-0.39, 0.29) is 17.5 Å². The van der Waals surface area contributed by atoms with Gasteiger partial charge in [-0.15, -0.1) is 0 Å². The van der Waals surface area contributed by atoms with Gasteiger partial charge in [-0.25, -0.2) is 0 Å². The molecule has 0 radical (unpaired) electrons. The average Bonchev–Trinajstić information content (AvgIpc) is 2.90. The lowest BCUT2D eigenvalue weighted by atomic mass is 9.99. The van der Waals surface area contributed by atoms with E-state index >= 15 is 0 Å². The fourth-order valence-corrected chi connectivity index (χ4v) is 2.55. The summed E-state index contributed by atoms with van der Waals surface area (Å²) in [5.74, 6) is -0.498. The molecule has 0 aliphatic carbocycles. The van der Waals surface area contributed by atoms with Crippen LogP contribution in [0.4, 0.5) is 0 Å². The van der Waals surface area contributed by atoms with Gasteiger partial charge in [0.1, 0.15) is 11.2 Å². The van der Waals surface area contributed by atoms with Crippen molar-refractivity contribution in [1.82, 2.24) is 10.3 Å². The molecule has 0 aliphatic rings. The van der Waals surface area contributed by atoms with Crippen LogP contribution in [0.1, 0.15) is 28.5 Å². The highest BCUT2D eigenvalue weighted by Crippen LogP contribution is 2.21. The van der Waals surface area contributed by atoms with E-state index in [2.05, 4.69) is 10.3 Å². The van der Waals surface area contributed by atoms with E-state index < -0.39 is 11.5 Å². The molecule has 0 aliphatic heterocycles. The number of nitrogens with one attached hydrogen (secondary N) is 2. The van der Waals surface area contributed by atoms with Crippen molar-refractivity contribution >= 4 is 17.2 Å². The van der Waals surface area contributed by atoms with Crippen molar-refractivity contribution in [1.29, 1.82) is 0 Å². The highest BCUT2D eigenvalue weighted by molar-refractivity contribution is 7.08. The molecule has 6 heteroatoms. The number of hydrogen-bond acceptors (Lipinski definition) is 4. The summed E-state index contributed by atoms with van der Waals surface area (Å²) in [7, 11) is 0. The number of aliphatic hydroxyl groups is 1. The molecule has 0 fully saturated rings. The first-order chi connectivity index (χ1) is 9.40. The van der Waals surface area contributed by atoms with E-state index in [9.17, 15) is 14.7 Å². The number of aromatic nitrogens is 1. The first-order valence-corrected chi connectivity index (χ1v) is 7.07. The molecule has 3 N–H and O–H groups in total. The number of carbonyl (C=O) groups is 1. The molecular weight excluding hydrogens is 276 g/mol. The molecule has 20 heavy (non-hydrogen) atoms. The predicted molar refractivity (Wildman–Crippen MR) is 78.0 cm³/mol. The average molecular weight is 292 g/mol. The van der Waals surface area contributed by atoms with Gasteiger partial charge in [0.2, 0.25) is 0 Å². The Kier molecular flexibility index (Phi) is 4.06. The lowest BCUT2D eigenvalue weighted by molar-refractivity contribution is 0.0529. The molecule has 0 bridgehead atoms. The quantitative estimate of drug-likeness (QED) is 0.796. The molecule has 2 heterocycles. The SMILES string of the molecule is Cc1cc(=O)c(C(=O)NCC(C)(O)c2ccsc2)c[nH]1. The van der Waals surface area contributed by atoms with E-state index in [0.29, 0.717) is 5.69 Å². The summed E-state index contributed by atoms with van der Waals surface area (Å²) in [5.41, 5.74) is -0.0318. The number of H-pyrrole nitrogens is 1. The third-order valence-corrected chi connectivity index (χ3v) is 3.72. The Morgan fingerprint density at radius 1 is 1.55 bits per heavy atom. The van der Waals surface area contributed by atoms with Gasteiger partial charge in [-0.2, -0.15) is 11.3 Å². The molecule has 2 aromatic heterocycles. The number of hydrogen-bond donors (Lipinski definition) is 3. The Labute approximate surface area is 120 Å². The minimum absolute atomic E-state index is 0.0376. The van der Waals surface area contributed by atoms with Crippen LogP contribution in [0.25, 0.3) is 0 Å². The largest absolute Gasteiger partial charge is 0.384 e. The third kappa shape index (κ3) is 3.15. The first kappa shape index (κ1) is 14.5. The van der Waals surface area contributed by atoms with Crippen molar-refractivity contribution in [3.05, 3.63) is 56.1 Å². The standard InChI is InChI=1S/C14H16N2O3S/c1-9-5-12(17)11(6-15-9)13(18)16-8-14(2,19)10-3-4-20-7-10/h3-7,19H,8H2,1-2H3,(H,15,17)(H,16,18). The van der Waals surface area contributed by atoms with Gasteiger partial charge in [-0.3, -0.25) is 9.59 Å². The van der Waals surface area contributed by atoms with E-state index in [1.165, 1.54) is 23.6 Å². The van der Waals surface area contributed by atoms with E-state index in [0.717, 1.165) is 5.56 Å². The smallest absolute Gasteiger partial charge is 0.256 e. The zero-order valence-corrected chi connectivity index (χ0v) is 12.1. The minimum atomic E-state index is -1.16. The maximum atomic E-state index is 12.0. The fraction of sp³-hybridized carbons (Fsp3) is 0.286. The topological polar surface area (TPSA) is 82.2 Å². The summed E-state index contributed by atoms with van der Waals surface area (Å²) in [6.45, 7) is 3.40. The second-order valence-corrected chi connectivity index (χ2v) is 5.64. The maximum Gasteiger partial charge on any atom is 0.256 e. The monoisotopic (exact) mass is 292 g/mol. The molecule has 5 nitrogen and oxygen atoms in total. The van der Waals surface area contributed by atoms with Gasteiger partial charge < -0.3 is 15.4 Å². The minimum Gasteiger partial charge on any atom is -0.384 e. The molecule has 1 amide bonds. The zero-order chi connectivity index (χ0) is 14.8. The van der Waals surface area contributed by atoms with Crippen LogP contribution in [-0.2, 0) is 5.60 Å². The van der Waals surface area contributed by atoms with Gasteiger partial charge in [-0.05, 0) is 36.2 Å². The Morgan fingerprint density at radius 3 is 2.90 bits per heavy atom. The number of aromatic amines is 1.